The Hall–Kier alpha value is -0.315. The molecule has 1 fully saturated rings. The molecule has 2 aliphatic heterocycles. The van der Waals surface area contributed by atoms with Crippen LogP contribution in [0.25, 0.3) is 0 Å². The second-order valence-corrected chi connectivity index (χ2v) is 6.88. The second kappa shape index (κ2) is 5.13. The molecule has 3 N–H and O–H groups in total. The first-order valence-electron chi connectivity index (χ1n) is 6.53. The molecular weight excluding hydrogens is 229 g/mol. The van der Waals surface area contributed by atoms with Gasteiger partial charge in [-0.1, -0.05) is 33.1 Å². The summed E-state index contributed by atoms with van der Waals surface area (Å²) in [6, 6.07) is 0.173. The topological polar surface area (TPSA) is 50.4 Å². The normalized spacial score (nSPS) is 35.8. The quantitative estimate of drug-likeness (QED) is 0.574. The molecule has 0 spiro atoms. The van der Waals surface area contributed by atoms with Gasteiger partial charge in [0, 0.05) is 16.4 Å². The van der Waals surface area contributed by atoms with Gasteiger partial charge < -0.3 is 11.1 Å². The number of guanidine groups is 1. The Labute approximate surface area is 110 Å². The molecule has 5 heteroatoms. The Kier molecular flexibility index (Phi) is 3.96. The van der Waals surface area contributed by atoms with Crippen LogP contribution in [0.3, 0.4) is 0 Å². The molecule has 2 radical (unpaired) electrons. The Balaban J connectivity index is 1.79. The van der Waals surface area contributed by atoms with Gasteiger partial charge in [-0.15, -0.1) is 0 Å². The number of hydrogen-bond acceptors (Lipinski definition) is 4. The van der Waals surface area contributed by atoms with Crippen LogP contribution in [0.1, 0.15) is 39.5 Å². The molecule has 0 aliphatic carbocycles. The maximum absolute atomic E-state index is 6.27. The molecule has 2 heterocycles. The minimum absolute atomic E-state index is 0.173. The molecule has 1 unspecified atom stereocenters. The van der Waals surface area contributed by atoms with Crippen molar-refractivity contribution in [3.63, 3.8) is 0 Å². The summed E-state index contributed by atoms with van der Waals surface area (Å²) in [7, 11) is 6.27. The Morgan fingerprint density at radius 3 is 3.06 bits per heavy atom. The van der Waals surface area contributed by atoms with Gasteiger partial charge in [0.25, 0.3) is 0 Å². The highest BCUT2D eigenvalue weighted by Gasteiger charge is 2.48. The largest absolute Gasteiger partial charge is 0.370 e. The third kappa shape index (κ3) is 2.93. The smallest absolute Gasteiger partial charge is 0.188 e. The van der Waals surface area contributed by atoms with Gasteiger partial charge in [-0.2, -0.15) is 11.8 Å². The van der Waals surface area contributed by atoms with Crippen molar-refractivity contribution < 1.29 is 0 Å². The van der Waals surface area contributed by atoms with Gasteiger partial charge in [0.2, 0.25) is 0 Å². The molecule has 3 atom stereocenters. The van der Waals surface area contributed by atoms with Crippen molar-refractivity contribution in [2.45, 2.75) is 56.3 Å². The van der Waals surface area contributed by atoms with Crippen molar-refractivity contribution in [3.8, 4) is 0 Å². The summed E-state index contributed by atoms with van der Waals surface area (Å²) in [6.45, 7) is 4.56. The monoisotopic (exact) mass is 251 g/mol. The average Bonchev–Trinajstić information content (AvgIpc) is 2.66. The van der Waals surface area contributed by atoms with Crippen molar-refractivity contribution in [2.75, 3.05) is 5.75 Å². The van der Waals surface area contributed by atoms with Crippen LogP contribution in [-0.2, 0) is 0 Å². The predicted molar refractivity (Wildman–Crippen MR) is 76.6 cm³/mol. The minimum Gasteiger partial charge on any atom is -0.370 e. The highest BCUT2D eigenvalue weighted by molar-refractivity contribution is 8.00. The fourth-order valence-corrected chi connectivity index (χ4v) is 4.17. The van der Waals surface area contributed by atoms with E-state index in [1.165, 1.54) is 25.7 Å². The van der Waals surface area contributed by atoms with Crippen LogP contribution < -0.4 is 11.1 Å². The van der Waals surface area contributed by atoms with E-state index >= 15 is 0 Å². The summed E-state index contributed by atoms with van der Waals surface area (Å²) >= 11 is 1.94. The van der Waals surface area contributed by atoms with Gasteiger partial charge in [-0.3, -0.25) is 0 Å². The van der Waals surface area contributed by atoms with E-state index in [9.17, 15) is 0 Å². The van der Waals surface area contributed by atoms with Crippen LogP contribution in [0.2, 0.25) is 0 Å². The Bertz CT molecular complexity index is 308. The molecule has 0 aromatic carbocycles. The predicted octanol–water partition coefficient (Wildman–Crippen LogP) is 1.47. The highest BCUT2D eigenvalue weighted by Crippen LogP contribution is 2.40. The molecule has 1 saturated heterocycles. The molecule has 0 bridgehead atoms. The molecule has 2 rings (SSSR count). The Morgan fingerprint density at radius 1 is 1.59 bits per heavy atom. The average molecular weight is 251 g/mol. The number of aliphatic imine (C=N–C) groups is 1. The summed E-state index contributed by atoms with van der Waals surface area (Å²) in [5.41, 5.74) is 5.34. The summed E-state index contributed by atoms with van der Waals surface area (Å²) in [5.74, 6) is 2.24. The van der Waals surface area contributed by atoms with Crippen molar-refractivity contribution in [1.29, 1.82) is 0 Å². The maximum Gasteiger partial charge on any atom is 0.188 e. The fourth-order valence-electron chi connectivity index (χ4n) is 2.62. The zero-order chi connectivity index (χ0) is 12.5. The van der Waals surface area contributed by atoms with Gasteiger partial charge in [0.15, 0.2) is 5.96 Å². The fraction of sp³-hybridized carbons (Fsp3) is 0.917. The number of nitrogens with two attached hydrogens (primary N) is 1. The molecule has 94 valence electrons. The third-order valence-corrected chi connectivity index (χ3v) is 5.14. The van der Waals surface area contributed by atoms with Crippen LogP contribution in [0, 0.1) is 5.92 Å². The van der Waals surface area contributed by atoms with Crippen molar-refractivity contribution >= 4 is 25.6 Å². The molecule has 17 heavy (non-hydrogen) atoms. The van der Waals surface area contributed by atoms with Crippen LogP contribution in [0.4, 0.5) is 0 Å². The number of nitrogens with zero attached hydrogens (tertiary/aromatic N) is 1. The van der Waals surface area contributed by atoms with E-state index in [0.717, 1.165) is 11.7 Å². The molecular formula is C12H22BN3S. The van der Waals surface area contributed by atoms with E-state index < -0.39 is 0 Å². The number of hydrogen-bond donors (Lipinski definition) is 2. The van der Waals surface area contributed by atoms with Crippen LogP contribution in [0.5, 0.6) is 0 Å². The highest BCUT2D eigenvalue weighted by atomic mass is 32.2. The van der Waals surface area contributed by atoms with E-state index in [2.05, 4.69) is 24.2 Å². The lowest BCUT2D eigenvalue weighted by Gasteiger charge is -2.24. The van der Waals surface area contributed by atoms with E-state index in [0.29, 0.717) is 11.2 Å². The zero-order valence-corrected chi connectivity index (χ0v) is 11.6. The third-order valence-electron chi connectivity index (χ3n) is 3.58. The number of thioether (sulfide) groups is 1. The lowest BCUT2D eigenvalue weighted by molar-refractivity contribution is 0.476. The number of unbranched alkanes of at least 4 members (excludes halogenated alkanes) is 1. The van der Waals surface area contributed by atoms with Gasteiger partial charge in [-0.25, -0.2) is 4.99 Å². The van der Waals surface area contributed by atoms with Crippen molar-refractivity contribution in [3.05, 3.63) is 0 Å². The molecule has 0 saturated carbocycles. The standard InChI is InChI=1S/C12H22BN3S/c1-8(2)5-3-4-6-9-10-12(13,7-17-9)16-11(14)15-10/h8-10H,3-7H2,1-2H3,(H3,14,15,16)/t9-,10?,12-/m0/s1. The lowest BCUT2D eigenvalue weighted by Crippen LogP contribution is -2.53. The van der Waals surface area contributed by atoms with Crippen LogP contribution in [-0.4, -0.2) is 36.3 Å². The first-order valence-corrected chi connectivity index (χ1v) is 7.58. The van der Waals surface area contributed by atoms with Crippen LogP contribution >= 0.6 is 11.8 Å². The lowest BCUT2D eigenvalue weighted by atomic mass is 9.73. The van der Waals surface area contributed by atoms with Crippen molar-refractivity contribution in [2.24, 2.45) is 16.6 Å². The molecule has 2 aliphatic rings. The van der Waals surface area contributed by atoms with E-state index in [4.69, 9.17) is 13.6 Å². The first kappa shape index (κ1) is 13.1. The maximum atomic E-state index is 6.27. The molecule has 0 amide bonds. The van der Waals surface area contributed by atoms with E-state index in [-0.39, 0.29) is 11.5 Å². The molecule has 3 nitrogen and oxygen atoms in total. The van der Waals surface area contributed by atoms with Gasteiger partial charge in [-0.05, 0) is 12.3 Å². The van der Waals surface area contributed by atoms with E-state index in [1.807, 2.05) is 11.8 Å². The second-order valence-electron chi connectivity index (χ2n) is 5.65. The summed E-state index contributed by atoms with van der Waals surface area (Å²) < 4.78 is 0. The Morgan fingerprint density at radius 2 is 2.35 bits per heavy atom. The zero-order valence-electron chi connectivity index (χ0n) is 10.8. The number of rotatable bonds is 5. The summed E-state index contributed by atoms with van der Waals surface area (Å²) in [4.78, 5) is 4.46. The van der Waals surface area contributed by atoms with Gasteiger partial charge >= 0.3 is 0 Å². The van der Waals surface area contributed by atoms with Crippen molar-refractivity contribution in [1.82, 2.24) is 5.32 Å². The number of fused-ring (bicyclic) bond motifs is 1. The molecule has 0 aromatic heterocycles. The van der Waals surface area contributed by atoms with Gasteiger partial charge in [0.05, 0.1) is 6.04 Å². The SMILES string of the molecule is [B][C@]12CS[C@@H](CCCCC(C)C)C1N=C(N)N2. The van der Waals surface area contributed by atoms with Gasteiger partial charge in [0.1, 0.15) is 7.85 Å². The van der Waals surface area contributed by atoms with E-state index in [1.54, 1.807) is 0 Å². The first-order chi connectivity index (χ1) is 8.01. The minimum atomic E-state index is -0.378. The summed E-state index contributed by atoms with van der Waals surface area (Å²) in [6.07, 6.45) is 5.11. The van der Waals surface area contributed by atoms with Crippen LogP contribution in [0.15, 0.2) is 4.99 Å². The number of nitrogens with one attached hydrogen (secondary N) is 1. The molecule has 0 aromatic rings. The summed E-state index contributed by atoms with van der Waals surface area (Å²) in [5, 5.41) is 3.66.